The average Bonchev–Trinajstić information content (AvgIpc) is 2.35. The Morgan fingerprint density at radius 1 is 1.06 bits per heavy atom. The molecule has 2 rings (SSSR count). The van der Waals surface area contributed by atoms with Crippen molar-refractivity contribution in [3.63, 3.8) is 0 Å². The van der Waals surface area contributed by atoms with Gasteiger partial charge in [-0.15, -0.1) is 0 Å². The van der Waals surface area contributed by atoms with Gasteiger partial charge in [-0.3, -0.25) is 0 Å². The van der Waals surface area contributed by atoms with Crippen molar-refractivity contribution < 1.29 is 0 Å². The number of likely N-dealkylation sites (N-methyl/N-ethyl adjacent to an activating group) is 1. The Kier molecular flexibility index (Phi) is 4.34. The van der Waals surface area contributed by atoms with Gasteiger partial charge in [-0.2, -0.15) is 0 Å². The molecule has 0 amide bonds. The van der Waals surface area contributed by atoms with Gasteiger partial charge in [-0.05, 0) is 43.4 Å². The zero-order valence-corrected chi connectivity index (χ0v) is 11.5. The fraction of sp³-hybridized carbons (Fsp3) is 0.375. The summed E-state index contributed by atoms with van der Waals surface area (Å²) in [4.78, 5) is 2.21. The van der Waals surface area contributed by atoms with E-state index in [1.165, 1.54) is 16.3 Å². The third-order valence-electron chi connectivity index (χ3n) is 3.11. The molecule has 18 heavy (non-hydrogen) atoms. The van der Waals surface area contributed by atoms with Gasteiger partial charge in [-0.1, -0.05) is 36.4 Å². The van der Waals surface area contributed by atoms with Crippen LogP contribution in [0.1, 0.15) is 12.5 Å². The Labute approximate surface area is 110 Å². The molecular weight excluding hydrogens is 220 g/mol. The molecule has 0 aliphatic heterocycles. The van der Waals surface area contributed by atoms with E-state index in [1.54, 1.807) is 0 Å². The van der Waals surface area contributed by atoms with Gasteiger partial charge in [0.1, 0.15) is 0 Å². The number of rotatable bonds is 5. The number of nitrogens with one attached hydrogen (secondary N) is 1. The molecule has 2 heteroatoms. The maximum Gasteiger partial charge on any atom is 0.0208 e. The highest BCUT2D eigenvalue weighted by Gasteiger charge is 2.03. The zero-order chi connectivity index (χ0) is 13.0. The molecule has 2 aromatic carbocycles. The van der Waals surface area contributed by atoms with Gasteiger partial charge < -0.3 is 10.2 Å². The quantitative estimate of drug-likeness (QED) is 0.867. The van der Waals surface area contributed by atoms with Crippen LogP contribution in [0.25, 0.3) is 10.8 Å². The lowest BCUT2D eigenvalue weighted by Gasteiger charge is -2.18. The molecule has 0 saturated heterocycles. The lowest BCUT2D eigenvalue weighted by Crippen LogP contribution is -2.35. The second-order valence-electron chi connectivity index (χ2n) is 5.23. The van der Waals surface area contributed by atoms with Crippen molar-refractivity contribution in [3.05, 3.63) is 48.0 Å². The Hall–Kier alpha value is -1.38. The van der Waals surface area contributed by atoms with Gasteiger partial charge in [0.15, 0.2) is 0 Å². The first kappa shape index (κ1) is 13.1. The van der Waals surface area contributed by atoms with E-state index in [0.717, 1.165) is 13.1 Å². The summed E-state index contributed by atoms with van der Waals surface area (Å²) in [6, 6.07) is 15.7. The average molecular weight is 242 g/mol. The molecular formula is C16H22N2. The summed E-state index contributed by atoms with van der Waals surface area (Å²) in [5.74, 6) is 0. The summed E-state index contributed by atoms with van der Waals surface area (Å²) in [7, 11) is 4.21. The minimum atomic E-state index is 0.506. The van der Waals surface area contributed by atoms with E-state index in [1.807, 2.05) is 0 Å². The monoisotopic (exact) mass is 242 g/mol. The minimum absolute atomic E-state index is 0.506. The number of fused-ring (bicyclic) bond motifs is 1. The van der Waals surface area contributed by atoms with Crippen LogP contribution in [0.15, 0.2) is 42.5 Å². The van der Waals surface area contributed by atoms with Crippen LogP contribution < -0.4 is 5.32 Å². The van der Waals surface area contributed by atoms with Crippen LogP contribution in [0.3, 0.4) is 0 Å². The summed E-state index contributed by atoms with van der Waals surface area (Å²) in [5, 5.41) is 6.18. The van der Waals surface area contributed by atoms with Crippen molar-refractivity contribution in [1.82, 2.24) is 10.2 Å². The van der Waals surface area contributed by atoms with E-state index in [4.69, 9.17) is 0 Å². The van der Waals surface area contributed by atoms with Gasteiger partial charge in [-0.25, -0.2) is 0 Å². The zero-order valence-electron chi connectivity index (χ0n) is 11.5. The molecule has 1 atom stereocenters. The SMILES string of the molecule is CC(CN(C)C)NCc1ccc2ccccc2c1. The molecule has 1 N–H and O–H groups in total. The van der Waals surface area contributed by atoms with Crippen LogP contribution in [0.4, 0.5) is 0 Å². The summed E-state index contributed by atoms with van der Waals surface area (Å²) < 4.78 is 0. The highest BCUT2D eigenvalue weighted by Crippen LogP contribution is 2.15. The first-order valence-corrected chi connectivity index (χ1v) is 6.51. The number of hydrogen-bond donors (Lipinski definition) is 1. The molecule has 0 radical (unpaired) electrons. The summed E-state index contributed by atoms with van der Waals surface area (Å²) >= 11 is 0. The van der Waals surface area contributed by atoms with Gasteiger partial charge in [0.25, 0.3) is 0 Å². The van der Waals surface area contributed by atoms with E-state index in [-0.39, 0.29) is 0 Å². The van der Waals surface area contributed by atoms with E-state index >= 15 is 0 Å². The Balaban J connectivity index is 1.99. The Morgan fingerprint density at radius 3 is 2.50 bits per heavy atom. The third-order valence-corrected chi connectivity index (χ3v) is 3.11. The van der Waals surface area contributed by atoms with E-state index in [0.29, 0.717) is 6.04 Å². The fourth-order valence-corrected chi connectivity index (χ4v) is 2.25. The highest BCUT2D eigenvalue weighted by molar-refractivity contribution is 5.82. The van der Waals surface area contributed by atoms with Crippen LogP contribution >= 0.6 is 0 Å². The molecule has 0 saturated carbocycles. The maximum absolute atomic E-state index is 3.55. The van der Waals surface area contributed by atoms with E-state index < -0.39 is 0 Å². The number of nitrogens with zero attached hydrogens (tertiary/aromatic N) is 1. The van der Waals surface area contributed by atoms with Crippen molar-refractivity contribution in [2.75, 3.05) is 20.6 Å². The molecule has 0 aromatic heterocycles. The molecule has 0 spiro atoms. The first-order valence-electron chi connectivity index (χ1n) is 6.51. The molecule has 0 bridgehead atoms. The molecule has 1 unspecified atom stereocenters. The van der Waals surface area contributed by atoms with Crippen LogP contribution in [-0.2, 0) is 6.54 Å². The van der Waals surface area contributed by atoms with Crippen molar-refractivity contribution in [1.29, 1.82) is 0 Å². The van der Waals surface area contributed by atoms with Gasteiger partial charge in [0.05, 0.1) is 0 Å². The van der Waals surface area contributed by atoms with Crippen LogP contribution in [0.5, 0.6) is 0 Å². The van der Waals surface area contributed by atoms with Crippen molar-refractivity contribution in [3.8, 4) is 0 Å². The Morgan fingerprint density at radius 2 is 1.78 bits per heavy atom. The lowest BCUT2D eigenvalue weighted by atomic mass is 10.1. The van der Waals surface area contributed by atoms with Crippen molar-refractivity contribution in [2.45, 2.75) is 19.5 Å². The van der Waals surface area contributed by atoms with E-state index in [2.05, 4.69) is 73.7 Å². The summed E-state index contributed by atoms with van der Waals surface area (Å²) in [6.45, 7) is 4.22. The maximum atomic E-state index is 3.55. The summed E-state index contributed by atoms with van der Waals surface area (Å²) in [6.07, 6.45) is 0. The molecule has 2 aromatic rings. The molecule has 0 aliphatic rings. The second-order valence-corrected chi connectivity index (χ2v) is 5.23. The normalized spacial score (nSPS) is 13.1. The van der Waals surface area contributed by atoms with E-state index in [9.17, 15) is 0 Å². The topological polar surface area (TPSA) is 15.3 Å². The van der Waals surface area contributed by atoms with Crippen molar-refractivity contribution in [2.24, 2.45) is 0 Å². The van der Waals surface area contributed by atoms with Gasteiger partial charge >= 0.3 is 0 Å². The standard InChI is InChI=1S/C16H22N2/c1-13(12-18(2)3)17-11-14-8-9-15-6-4-5-7-16(15)10-14/h4-10,13,17H,11-12H2,1-3H3. The lowest BCUT2D eigenvalue weighted by molar-refractivity contribution is 0.349. The Bertz CT molecular complexity index is 505. The highest BCUT2D eigenvalue weighted by atomic mass is 15.1. The van der Waals surface area contributed by atoms with Gasteiger partial charge in [0, 0.05) is 19.1 Å². The minimum Gasteiger partial charge on any atom is -0.309 e. The number of benzene rings is 2. The van der Waals surface area contributed by atoms with Crippen LogP contribution in [-0.4, -0.2) is 31.6 Å². The van der Waals surface area contributed by atoms with Crippen LogP contribution in [0, 0.1) is 0 Å². The van der Waals surface area contributed by atoms with Crippen molar-refractivity contribution >= 4 is 10.8 Å². The molecule has 0 fully saturated rings. The smallest absolute Gasteiger partial charge is 0.0208 e. The third kappa shape index (κ3) is 3.56. The molecule has 96 valence electrons. The fourth-order valence-electron chi connectivity index (χ4n) is 2.25. The molecule has 0 heterocycles. The van der Waals surface area contributed by atoms with Gasteiger partial charge in [0.2, 0.25) is 0 Å². The molecule has 2 nitrogen and oxygen atoms in total. The first-order chi connectivity index (χ1) is 8.65. The largest absolute Gasteiger partial charge is 0.309 e. The predicted octanol–water partition coefficient (Wildman–Crippen LogP) is 2.88. The number of hydrogen-bond acceptors (Lipinski definition) is 2. The van der Waals surface area contributed by atoms with Crippen LogP contribution in [0.2, 0.25) is 0 Å². The summed E-state index contributed by atoms with van der Waals surface area (Å²) in [5.41, 5.74) is 1.35. The predicted molar refractivity (Wildman–Crippen MR) is 78.8 cm³/mol. The molecule has 0 aliphatic carbocycles. The second kappa shape index (κ2) is 5.98.